The van der Waals surface area contributed by atoms with Crippen molar-refractivity contribution >= 4 is 12.4 Å². The Morgan fingerprint density at radius 2 is 1.88 bits per heavy atom. The summed E-state index contributed by atoms with van der Waals surface area (Å²) < 4.78 is 19.3. The molecular weight excluding hydrogens is 216 g/mol. The summed E-state index contributed by atoms with van der Waals surface area (Å²) in [7, 11) is 0. The van der Waals surface area contributed by atoms with Gasteiger partial charge in [-0.2, -0.15) is 0 Å². The van der Waals surface area contributed by atoms with Gasteiger partial charge in [-0.1, -0.05) is 0 Å². The predicted molar refractivity (Wildman–Crippen MR) is 54.9 cm³/mol. The summed E-state index contributed by atoms with van der Waals surface area (Å²) in [5.74, 6) is -0.625. The molecule has 0 N–H and O–H groups in total. The fraction of sp³-hybridized carbons (Fsp3) is 0.800. The van der Waals surface area contributed by atoms with Gasteiger partial charge in [0.2, 0.25) is 6.10 Å². The van der Waals surface area contributed by atoms with Crippen LogP contribution in [0.2, 0.25) is 0 Å². The van der Waals surface area contributed by atoms with Gasteiger partial charge in [-0.15, -0.1) is 0 Å². The molecule has 0 amide bonds. The standard InChI is InChI=1S/C10H18O6/c1-3-13-5-6-15-10(12)9(16-8-11)7-14-4-2/h8-9H,3-7H2,1-2H3. The van der Waals surface area contributed by atoms with Gasteiger partial charge in [0.25, 0.3) is 6.47 Å². The highest BCUT2D eigenvalue weighted by atomic mass is 16.6. The molecule has 0 spiro atoms. The Morgan fingerprint density at radius 3 is 2.44 bits per heavy atom. The molecule has 0 aliphatic carbocycles. The molecule has 0 saturated carbocycles. The lowest BCUT2D eigenvalue weighted by Gasteiger charge is -2.13. The van der Waals surface area contributed by atoms with Gasteiger partial charge in [0.15, 0.2) is 0 Å². The Hall–Kier alpha value is -1.14. The number of esters is 1. The second-order valence-corrected chi connectivity index (χ2v) is 2.74. The minimum Gasteiger partial charge on any atom is -0.460 e. The fourth-order valence-corrected chi connectivity index (χ4v) is 0.893. The van der Waals surface area contributed by atoms with Crippen molar-refractivity contribution in [2.75, 3.05) is 33.0 Å². The maximum Gasteiger partial charge on any atom is 0.349 e. The summed E-state index contributed by atoms with van der Waals surface area (Å²) >= 11 is 0. The summed E-state index contributed by atoms with van der Waals surface area (Å²) in [5.41, 5.74) is 0. The van der Waals surface area contributed by atoms with Gasteiger partial charge >= 0.3 is 5.97 Å². The Labute approximate surface area is 94.8 Å². The smallest absolute Gasteiger partial charge is 0.349 e. The van der Waals surface area contributed by atoms with E-state index < -0.39 is 12.1 Å². The van der Waals surface area contributed by atoms with Gasteiger partial charge in [0, 0.05) is 13.2 Å². The maximum atomic E-state index is 11.4. The van der Waals surface area contributed by atoms with Crippen LogP contribution in [-0.4, -0.2) is 51.6 Å². The van der Waals surface area contributed by atoms with Crippen LogP contribution in [0.15, 0.2) is 0 Å². The molecule has 16 heavy (non-hydrogen) atoms. The summed E-state index contributed by atoms with van der Waals surface area (Å²) in [6, 6.07) is 0. The maximum absolute atomic E-state index is 11.4. The van der Waals surface area contributed by atoms with E-state index in [1.165, 1.54) is 0 Å². The number of rotatable bonds is 10. The van der Waals surface area contributed by atoms with Crippen molar-refractivity contribution in [3.8, 4) is 0 Å². The van der Waals surface area contributed by atoms with Crippen LogP contribution in [-0.2, 0) is 28.5 Å². The molecule has 0 aromatic heterocycles. The quantitative estimate of drug-likeness (QED) is 0.304. The average molecular weight is 234 g/mol. The highest BCUT2D eigenvalue weighted by Crippen LogP contribution is 1.96. The predicted octanol–water partition coefficient (Wildman–Crippen LogP) is 0.144. The van der Waals surface area contributed by atoms with E-state index in [2.05, 4.69) is 4.74 Å². The highest BCUT2D eigenvalue weighted by molar-refractivity contribution is 5.76. The fourth-order valence-electron chi connectivity index (χ4n) is 0.893. The summed E-state index contributed by atoms with van der Waals surface area (Å²) in [4.78, 5) is 21.5. The van der Waals surface area contributed by atoms with Crippen molar-refractivity contribution in [3.05, 3.63) is 0 Å². The van der Waals surface area contributed by atoms with E-state index in [0.717, 1.165) is 0 Å². The Balaban J connectivity index is 3.81. The van der Waals surface area contributed by atoms with Gasteiger partial charge in [-0.3, -0.25) is 4.79 Å². The van der Waals surface area contributed by atoms with Crippen molar-refractivity contribution in [2.45, 2.75) is 20.0 Å². The third kappa shape index (κ3) is 7.19. The van der Waals surface area contributed by atoms with Crippen LogP contribution in [0.4, 0.5) is 0 Å². The van der Waals surface area contributed by atoms with Crippen LogP contribution < -0.4 is 0 Å². The summed E-state index contributed by atoms with van der Waals surface area (Å²) in [5, 5.41) is 0. The van der Waals surface area contributed by atoms with Crippen molar-refractivity contribution < 1.29 is 28.5 Å². The molecule has 94 valence electrons. The lowest BCUT2D eigenvalue weighted by atomic mass is 10.4. The molecule has 6 nitrogen and oxygen atoms in total. The first-order valence-corrected chi connectivity index (χ1v) is 5.17. The zero-order chi connectivity index (χ0) is 12.2. The van der Waals surface area contributed by atoms with Gasteiger partial charge in [0.1, 0.15) is 6.61 Å². The number of hydrogen-bond acceptors (Lipinski definition) is 6. The summed E-state index contributed by atoms with van der Waals surface area (Å²) in [6.07, 6.45) is -1.00. The zero-order valence-corrected chi connectivity index (χ0v) is 9.64. The first kappa shape index (κ1) is 14.9. The molecule has 0 rings (SSSR count). The zero-order valence-electron chi connectivity index (χ0n) is 9.64. The molecule has 6 heteroatoms. The van der Waals surface area contributed by atoms with E-state index in [-0.39, 0.29) is 19.7 Å². The molecular formula is C10H18O6. The van der Waals surface area contributed by atoms with Crippen molar-refractivity contribution in [2.24, 2.45) is 0 Å². The molecule has 0 aromatic carbocycles. The normalized spacial score (nSPS) is 11.9. The molecule has 0 fully saturated rings. The van der Waals surface area contributed by atoms with E-state index >= 15 is 0 Å². The van der Waals surface area contributed by atoms with E-state index in [1.54, 1.807) is 6.92 Å². The van der Waals surface area contributed by atoms with Gasteiger partial charge < -0.3 is 18.9 Å². The summed E-state index contributed by atoms with van der Waals surface area (Å²) in [6.45, 7) is 5.28. The van der Waals surface area contributed by atoms with Gasteiger partial charge in [-0.25, -0.2) is 4.79 Å². The number of carbonyl (C=O) groups excluding carboxylic acids is 2. The minimum absolute atomic E-state index is 0.00269. The Bertz CT molecular complexity index is 194. The lowest BCUT2D eigenvalue weighted by molar-refractivity contribution is -0.166. The van der Waals surface area contributed by atoms with Crippen LogP contribution in [0.25, 0.3) is 0 Å². The Kier molecular flexibility index (Phi) is 9.64. The first-order chi connectivity index (χ1) is 7.76. The molecule has 1 atom stereocenters. The monoisotopic (exact) mass is 234 g/mol. The van der Waals surface area contributed by atoms with Crippen LogP contribution in [0.3, 0.4) is 0 Å². The SMILES string of the molecule is CCOCCOC(=O)C(COCC)OC=O. The Morgan fingerprint density at radius 1 is 1.19 bits per heavy atom. The van der Waals surface area contributed by atoms with Crippen LogP contribution >= 0.6 is 0 Å². The highest BCUT2D eigenvalue weighted by Gasteiger charge is 2.21. The molecule has 0 aliphatic rings. The van der Waals surface area contributed by atoms with E-state index in [0.29, 0.717) is 19.8 Å². The second-order valence-electron chi connectivity index (χ2n) is 2.74. The van der Waals surface area contributed by atoms with E-state index in [9.17, 15) is 9.59 Å². The third-order valence-corrected chi connectivity index (χ3v) is 1.63. The van der Waals surface area contributed by atoms with E-state index in [4.69, 9.17) is 14.2 Å². The molecule has 0 aliphatic heterocycles. The van der Waals surface area contributed by atoms with Crippen molar-refractivity contribution in [3.63, 3.8) is 0 Å². The topological polar surface area (TPSA) is 71.1 Å². The molecule has 0 saturated heterocycles. The lowest BCUT2D eigenvalue weighted by Crippen LogP contribution is -2.31. The number of carbonyl (C=O) groups is 2. The van der Waals surface area contributed by atoms with Crippen LogP contribution in [0, 0.1) is 0 Å². The largest absolute Gasteiger partial charge is 0.460 e. The average Bonchev–Trinajstić information content (AvgIpc) is 2.29. The number of hydrogen-bond donors (Lipinski definition) is 0. The molecule has 0 heterocycles. The molecule has 0 bridgehead atoms. The molecule has 1 unspecified atom stereocenters. The van der Waals surface area contributed by atoms with Gasteiger partial charge in [-0.05, 0) is 13.8 Å². The van der Waals surface area contributed by atoms with Gasteiger partial charge in [0.05, 0.1) is 13.2 Å². The van der Waals surface area contributed by atoms with Crippen molar-refractivity contribution in [1.29, 1.82) is 0 Å². The molecule has 0 aromatic rings. The van der Waals surface area contributed by atoms with Crippen LogP contribution in [0.5, 0.6) is 0 Å². The van der Waals surface area contributed by atoms with E-state index in [1.807, 2.05) is 6.92 Å². The van der Waals surface area contributed by atoms with Crippen molar-refractivity contribution in [1.82, 2.24) is 0 Å². The minimum atomic E-state index is -1.00. The van der Waals surface area contributed by atoms with Crippen LogP contribution in [0.1, 0.15) is 13.8 Å². The third-order valence-electron chi connectivity index (χ3n) is 1.63. The number of ether oxygens (including phenoxy) is 4. The first-order valence-electron chi connectivity index (χ1n) is 5.17. The second kappa shape index (κ2) is 10.4. The molecule has 0 radical (unpaired) electrons.